The highest BCUT2D eigenvalue weighted by atomic mass is 32.2. The predicted molar refractivity (Wildman–Crippen MR) is 52.0 cm³/mol. The lowest BCUT2D eigenvalue weighted by atomic mass is 10.2. The summed E-state index contributed by atoms with van der Waals surface area (Å²) in [6, 6.07) is -0.0965. The number of nitrogens with two attached hydrogens (primary N) is 1. The summed E-state index contributed by atoms with van der Waals surface area (Å²) >= 11 is 0. The maximum absolute atomic E-state index is 11.1. The molecule has 14 heavy (non-hydrogen) atoms. The average Bonchev–Trinajstić information content (AvgIpc) is 2.51. The lowest BCUT2D eigenvalue weighted by Crippen LogP contribution is -2.41. The molecule has 0 aromatic heterocycles. The highest BCUT2D eigenvalue weighted by molar-refractivity contribution is 7.88. The minimum absolute atomic E-state index is 0.0601. The zero-order chi connectivity index (χ0) is 10.8. The molecule has 3 N–H and O–H groups in total. The molecule has 1 unspecified atom stereocenters. The van der Waals surface area contributed by atoms with Crippen LogP contribution in [0.4, 0.5) is 0 Å². The molecule has 0 aromatic carbocycles. The summed E-state index contributed by atoms with van der Waals surface area (Å²) in [5.41, 5.74) is 5.13. The van der Waals surface area contributed by atoms with Gasteiger partial charge in [0.05, 0.1) is 12.8 Å². The van der Waals surface area contributed by atoms with Gasteiger partial charge in [-0.3, -0.25) is 4.79 Å². The van der Waals surface area contributed by atoms with Crippen molar-refractivity contribution in [2.45, 2.75) is 12.5 Å². The third-order valence-electron chi connectivity index (χ3n) is 2.17. The molecule has 1 heterocycles. The first kappa shape index (κ1) is 11.4. The van der Waals surface area contributed by atoms with Crippen LogP contribution in [0, 0.1) is 0 Å². The second-order valence-electron chi connectivity index (χ2n) is 3.38. The van der Waals surface area contributed by atoms with Gasteiger partial charge in [-0.25, -0.2) is 12.7 Å². The van der Waals surface area contributed by atoms with Gasteiger partial charge < -0.3 is 11.1 Å². The van der Waals surface area contributed by atoms with Crippen LogP contribution < -0.4 is 11.1 Å². The van der Waals surface area contributed by atoms with E-state index in [0.717, 1.165) is 0 Å². The predicted octanol–water partition coefficient (Wildman–Crippen LogP) is -1.90. The van der Waals surface area contributed by atoms with Crippen molar-refractivity contribution in [2.75, 3.05) is 25.9 Å². The number of rotatable bonds is 3. The van der Waals surface area contributed by atoms with Gasteiger partial charge in [0.25, 0.3) is 0 Å². The number of sulfonamides is 1. The van der Waals surface area contributed by atoms with E-state index in [1.54, 1.807) is 0 Å². The van der Waals surface area contributed by atoms with E-state index in [0.29, 0.717) is 19.5 Å². The molecule has 0 spiro atoms. The van der Waals surface area contributed by atoms with Crippen molar-refractivity contribution in [1.82, 2.24) is 9.62 Å². The van der Waals surface area contributed by atoms with Crippen LogP contribution in [0.5, 0.6) is 0 Å². The van der Waals surface area contributed by atoms with Crippen LogP contribution in [0.1, 0.15) is 6.42 Å². The van der Waals surface area contributed by atoms with E-state index in [-0.39, 0.29) is 18.5 Å². The first-order valence-corrected chi connectivity index (χ1v) is 6.23. The molecule has 1 saturated heterocycles. The first-order chi connectivity index (χ1) is 6.43. The lowest BCUT2D eigenvalue weighted by molar-refractivity contribution is -0.120. The van der Waals surface area contributed by atoms with Crippen LogP contribution in [-0.2, 0) is 14.8 Å². The molecule has 1 rings (SSSR count). The Morgan fingerprint density at radius 3 is 2.71 bits per heavy atom. The Kier molecular flexibility index (Phi) is 3.46. The molecule has 1 fully saturated rings. The fourth-order valence-corrected chi connectivity index (χ4v) is 2.32. The molecule has 1 atom stereocenters. The van der Waals surface area contributed by atoms with Crippen molar-refractivity contribution in [3.8, 4) is 0 Å². The molecule has 0 aromatic rings. The van der Waals surface area contributed by atoms with Crippen LogP contribution in [0.3, 0.4) is 0 Å². The summed E-state index contributed by atoms with van der Waals surface area (Å²) in [4.78, 5) is 10.9. The van der Waals surface area contributed by atoms with Crippen molar-refractivity contribution >= 4 is 15.9 Å². The fraction of sp³-hybridized carbons (Fsp3) is 0.857. The lowest BCUT2D eigenvalue weighted by Gasteiger charge is -2.13. The Balaban J connectivity index is 2.46. The van der Waals surface area contributed by atoms with E-state index in [9.17, 15) is 13.2 Å². The summed E-state index contributed by atoms with van der Waals surface area (Å²) in [6.07, 6.45) is 1.82. The smallest absolute Gasteiger partial charge is 0.233 e. The summed E-state index contributed by atoms with van der Waals surface area (Å²) in [6.45, 7) is 0.758. The number of hydrogen-bond donors (Lipinski definition) is 2. The Morgan fingerprint density at radius 1 is 1.64 bits per heavy atom. The fourth-order valence-electron chi connectivity index (χ4n) is 1.43. The Morgan fingerprint density at radius 2 is 2.29 bits per heavy atom. The van der Waals surface area contributed by atoms with Crippen molar-refractivity contribution in [1.29, 1.82) is 0 Å². The summed E-state index contributed by atoms with van der Waals surface area (Å²) in [5, 5.41) is 2.66. The number of carbonyl (C=O) groups excluding carboxylic acids is 1. The van der Waals surface area contributed by atoms with Gasteiger partial charge in [0.1, 0.15) is 0 Å². The number of nitrogens with one attached hydrogen (secondary N) is 1. The number of amides is 1. The second kappa shape index (κ2) is 4.24. The van der Waals surface area contributed by atoms with Gasteiger partial charge in [0.2, 0.25) is 15.9 Å². The zero-order valence-corrected chi connectivity index (χ0v) is 8.88. The van der Waals surface area contributed by atoms with Crippen molar-refractivity contribution in [3.63, 3.8) is 0 Å². The molecule has 1 amide bonds. The van der Waals surface area contributed by atoms with Gasteiger partial charge in [-0.1, -0.05) is 0 Å². The van der Waals surface area contributed by atoms with Crippen molar-refractivity contribution in [2.24, 2.45) is 5.73 Å². The van der Waals surface area contributed by atoms with Crippen LogP contribution in [0.15, 0.2) is 0 Å². The molecule has 0 bridgehead atoms. The van der Waals surface area contributed by atoms with E-state index < -0.39 is 10.0 Å². The van der Waals surface area contributed by atoms with E-state index in [2.05, 4.69) is 5.32 Å². The quantitative estimate of drug-likeness (QED) is 0.582. The maximum atomic E-state index is 11.1. The number of hydrogen-bond acceptors (Lipinski definition) is 4. The molecule has 0 aliphatic carbocycles. The largest absolute Gasteiger partial charge is 0.351 e. The second-order valence-corrected chi connectivity index (χ2v) is 5.36. The Bertz CT molecular complexity index is 314. The molecule has 7 heteroatoms. The van der Waals surface area contributed by atoms with Gasteiger partial charge in [-0.2, -0.15) is 0 Å². The average molecular weight is 221 g/mol. The summed E-state index contributed by atoms with van der Waals surface area (Å²) in [7, 11) is -3.13. The maximum Gasteiger partial charge on any atom is 0.233 e. The molecule has 6 nitrogen and oxygen atoms in total. The van der Waals surface area contributed by atoms with E-state index in [1.807, 2.05) is 0 Å². The highest BCUT2D eigenvalue weighted by Gasteiger charge is 2.28. The standard InChI is InChI=1S/C7H15N3O3S/c1-14(12,13)10-3-2-6(5-10)9-7(11)4-8/h6H,2-5,8H2,1H3,(H,9,11). The van der Waals surface area contributed by atoms with Gasteiger partial charge in [-0.15, -0.1) is 0 Å². The van der Waals surface area contributed by atoms with E-state index in [1.165, 1.54) is 10.6 Å². The van der Waals surface area contributed by atoms with Gasteiger partial charge >= 0.3 is 0 Å². The Hall–Kier alpha value is -0.660. The van der Waals surface area contributed by atoms with Crippen molar-refractivity contribution in [3.05, 3.63) is 0 Å². The number of nitrogens with zero attached hydrogens (tertiary/aromatic N) is 1. The van der Waals surface area contributed by atoms with Crippen LogP contribution in [0.2, 0.25) is 0 Å². The molecule has 1 aliphatic rings. The minimum atomic E-state index is -3.13. The van der Waals surface area contributed by atoms with E-state index >= 15 is 0 Å². The molecule has 82 valence electrons. The Labute approximate surface area is 83.5 Å². The van der Waals surface area contributed by atoms with Gasteiger partial charge in [0.15, 0.2) is 0 Å². The van der Waals surface area contributed by atoms with Crippen molar-refractivity contribution < 1.29 is 13.2 Å². The highest BCUT2D eigenvalue weighted by Crippen LogP contribution is 2.12. The topological polar surface area (TPSA) is 92.5 Å². The molecular formula is C7H15N3O3S. The monoisotopic (exact) mass is 221 g/mol. The minimum Gasteiger partial charge on any atom is -0.351 e. The number of carbonyl (C=O) groups is 1. The SMILES string of the molecule is CS(=O)(=O)N1CCC(NC(=O)CN)C1. The molecule has 0 radical (unpaired) electrons. The van der Waals surface area contributed by atoms with E-state index in [4.69, 9.17) is 5.73 Å². The van der Waals surface area contributed by atoms with Crippen LogP contribution in [0.25, 0.3) is 0 Å². The summed E-state index contributed by atoms with van der Waals surface area (Å²) in [5.74, 6) is -0.245. The third-order valence-corrected chi connectivity index (χ3v) is 3.44. The van der Waals surface area contributed by atoms with Gasteiger partial charge in [0, 0.05) is 19.1 Å². The normalized spacial score (nSPS) is 23.7. The molecule has 1 aliphatic heterocycles. The van der Waals surface area contributed by atoms with Crippen LogP contribution in [-0.4, -0.2) is 50.6 Å². The first-order valence-electron chi connectivity index (χ1n) is 4.38. The summed E-state index contributed by atoms with van der Waals surface area (Å²) < 4.78 is 23.6. The zero-order valence-electron chi connectivity index (χ0n) is 8.06. The van der Waals surface area contributed by atoms with Crippen LogP contribution >= 0.6 is 0 Å². The molecule has 0 saturated carbocycles. The third kappa shape index (κ3) is 2.93. The van der Waals surface area contributed by atoms with Gasteiger partial charge in [-0.05, 0) is 6.42 Å². The molecular weight excluding hydrogens is 206 g/mol.